The monoisotopic (exact) mass is 395 g/mol. The molecule has 0 spiro atoms. The van der Waals surface area contributed by atoms with E-state index in [1.807, 2.05) is 6.92 Å². The van der Waals surface area contributed by atoms with E-state index in [0.29, 0.717) is 30.1 Å². The van der Waals surface area contributed by atoms with Gasteiger partial charge in [0.25, 0.3) is 0 Å². The van der Waals surface area contributed by atoms with Gasteiger partial charge in [0.2, 0.25) is 5.95 Å². The first-order chi connectivity index (χ1) is 14.1. The minimum atomic E-state index is -0.431. The minimum absolute atomic E-state index is 0.306. The van der Waals surface area contributed by atoms with E-state index in [-0.39, 0.29) is 0 Å². The molecule has 1 aromatic heterocycles. The number of methoxy groups -OCH3 is 1. The van der Waals surface area contributed by atoms with Gasteiger partial charge >= 0.3 is 5.97 Å². The zero-order chi connectivity index (χ0) is 20.2. The van der Waals surface area contributed by atoms with Crippen LogP contribution in [0.4, 0.5) is 5.95 Å². The predicted octanol–water partition coefficient (Wildman–Crippen LogP) is 4.13. The van der Waals surface area contributed by atoms with E-state index in [1.165, 1.54) is 38.4 Å². The Morgan fingerprint density at radius 2 is 1.97 bits per heavy atom. The second-order valence-electron chi connectivity index (χ2n) is 8.12. The molecule has 1 aliphatic heterocycles. The van der Waals surface area contributed by atoms with E-state index in [1.54, 1.807) is 6.07 Å². The van der Waals surface area contributed by atoms with Gasteiger partial charge in [-0.1, -0.05) is 31.0 Å². The summed E-state index contributed by atoms with van der Waals surface area (Å²) >= 11 is 0. The van der Waals surface area contributed by atoms with E-state index < -0.39 is 5.97 Å². The summed E-state index contributed by atoms with van der Waals surface area (Å²) in [6.07, 6.45) is 6.20. The highest BCUT2D eigenvalue weighted by atomic mass is 16.5. The molecule has 1 aromatic carbocycles. The lowest BCUT2D eigenvalue weighted by atomic mass is 9.97. The van der Waals surface area contributed by atoms with Gasteiger partial charge in [0, 0.05) is 24.7 Å². The molecule has 1 aliphatic carbocycles. The molecule has 2 fully saturated rings. The average molecular weight is 396 g/mol. The number of esters is 1. The smallest absolute Gasteiger partial charge is 0.356 e. The summed E-state index contributed by atoms with van der Waals surface area (Å²) in [6.45, 7) is 4.25. The van der Waals surface area contributed by atoms with Crippen LogP contribution in [0.1, 0.15) is 59.8 Å². The normalized spacial score (nSPS) is 19.5. The quantitative estimate of drug-likeness (QED) is 0.685. The first-order valence-corrected chi connectivity index (χ1v) is 10.5. The topological polar surface area (TPSA) is 64.5 Å². The molecule has 2 aromatic rings. The van der Waals surface area contributed by atoms with Crippen LogP contribution >= 0.6 is 0 Å². The van der Waals surface area contributed by atoms with Crippen molar-refractivity contribution < 1.29 is 14.3 Å². The maximum atomic E-state index is 11.8. The molecule has 1 unspecified atom stereocenters. The summed E-state index contributed by atoms with van der Waals surface area (Å²) in [7, 11) is 1.37. The molecular formula is C23H29N3O3. The third-order valence-corrected chi connectivity index (χ3v) is 5.99. The second kappa shape index (κ2) is 8.80. The first kappa shape index (κ1) is 19.7. The molecule has 4 rings (SSSR count). The van der Waals surface area contributed by atoms with Gasteiger partial charge in [0.05, 0.1) is 13.7 Å². The van der Waals surface area contributed by atoms with Gasteiger partial charge in [-0.25, -0.2) is 14.8 Å². The van der Waals surface area contributed by atoms with Crippen molar-refractivity contribution in [1.29, 1.82) is 0 Å². The molecule has 6 heteroatoms. The number of benzene rings is 1. The number of aryl methyl sites for hydroxylation is 1. The fourth-order valence-corrected chi connectivity index (χ4v) is 4.45. The number of rotatable bonds is 6. The van der Waals surface area contributed by atoms with Crippen molar-refractivity contribution >= 4 is 11.9 Å². The number of carbonyl (C=O) groups is 1. The lowest BCUT2D eigenvalue weighted by molar-refractivity contribution is 0.0593. The fraction of sp³-hybridized carbons (Fsp3) is 0.522. The van der Waals surface area contributed by atoms with Crippen molar-refractivity contribution in [2.45, 2.75) is 44.9 Å². The zero-order valence-corrected chi connectivity index (χ0v) is 17.3. The molecule has 1 saturated heterocycles. The molecule has 2 aliphatic rings. The van der Waals surface area contributed by atoms with Crippen LogP contribution in [0.3, 0.4) is 0 Å². The first-order valence-electron chi connectivity index (χ1n) is 10.5. The molecule has 1 saturated carbocycles. The Morgan fingerprint density at radius 3 is 2.76 bits per heavy atom. The van der Waals surface area contributed by atoms with Crippen LogP contribution in [0.25, 0.3) is 0 Å². The summed E-state index contributed by atoms with van der Waals surface area (Å²) in [4.78, 5) is 22.9. The van der Waals surface area contributed by atoms with Gasteiger partial charge in [-0.05, 0) is 49.8 Å². The summed E-state index contributed by atoms with van der Waals surface area (Å²) in [5.41, 5.74) is 2.44. The number of nitrogens with zero attached hydrogens (tertiary/aromatic N) is 3. The zero-order valence-electron chi connectivity index (χ0n) is 17.3. The molecule has 0 radical (unpaired) electrons. The summed E-state index contributed by atoms with van der Waals surface area (Å²) in [5.74, 6) is 2.26. The molecule has 154 valence electrons. The highest BCUT2D eigenvalue weighted by molar-refractivity contribution is 5.87. The number of ether oxygens (including phenoxy) is 2. The highest BCUT2D eigenvalue weighted by Gasteiger charge is 2.27. The fourth-order valence-electron chi connectivity index (χ4n) is 4.45. The van der Waals surface area contributed by atoms with Crippen LogP contribution < -0.4 is 9.64 Å². The number of para-hydroxylation sites is 1. The molecule has 6 nitrogen and oxygen atoms in total. The summed E-state index contributed by atoms with van der Waals surface area (Å²) in [5, 5.41) is 0. The molecule has 1 atom stereocenters. The maximum absolute atomic E-state index is 11.8. The SMILES string of the molecule is COC(=O)c1cc(C)nc(N2CCC(COc3ccccc3C3CCCC3)C2)n1. The van der Waals surface area contributed by atoms with E-state index in [4.69, 9.17) is 9.47 Å². The summed E-state index contributed by atoms with van der Waals surface area (Å²) in [6, 6.07) is 10.2. The Bertz CT molecular complexity index is 864. The second-order valence-corrected chi connectivity index (χ2v) is 8.12. The van der Waals surface area contributed by atoms with Crippen molar-refractivity contribution in [2.75, 3.05) is 31.7 Å². The molecule has 2 heterocycles. The van der Waals surface area contributed by atoms with E-state index >= 15 is 0 Å². The van der Waals surface area contributed by atoms with Crippen molar-refractivity contribution in [1.82, 2.24) is 9.97 Å². The Labute approximate surface area is 172 Å². The third kappa shape index (κ3) is 4.52. The molecule has 0 bridgehead atoms. The van der Waals surface area contributed by atoms with E-state index in [0.717, 1.165) is 31.0 Å². The number of hydrogen-bond acceptors (Lipinski definition) is 6. The molecule has 0 N–H and O–H groups in total. The Balaban J connectivity index is 1.39. The molecule has 0 amide bonds. The largest absolute Gasteiger partial charge is 0.493 e. The number of anilines is 1. The molecule has 29 heavy (non-hydrogen) atoms. The van der Waals surface area contributed by atoms with Crippen molar-refractivity contribution in [3.63, 3.8) is 0 Å². The van der Waals surface area contributed by atoms with Gasteiger partial charge in [-0.15, -0.1) is 0 Å². The third-order valence-electron chi connectivity index (χ3n) is 5.99. The number of hydrogen-bond donors (Lipinski definition) is 0. The Morgan fingerprint density at radius 1 is 1.17 bits per heavy atom. The maximum Gasteiger partial charge on any atom is 0.356 e. The van der Waals surface area contributed by atoms with Crippen LogP contribution in [0.15, 0.2) is 30.3 Å². The van der Waals surface area contributed by atoms with Gasteiger partial charge in [-0.3, -0.25) is 0 Å². The Hall–Kier alpha value is -2.63. The van der Waals surface area contributed by atoms with Crippen LogP contribution in [-0.2, 0) is 4.74 Å². The number of carbonyl (C=O) groups excluding carboxylic acids is 1. The van der Waals surface area contributed by atoms with Crippen LogP contribution in [0.2, 0.25) is 0 Å². The van der Waals surface area contributed by atoms with Gasteiger partial charge in [-0.2, -0.15) is 0 Å². The van der Waals surface area contributed by atoms with Crippen molar-refractivity contribution in [3.8, 4) is 5.75 Å². The lowest BCUT2D eigenvalue weighted by Crippen LogP contribution is -2.25. The van der Waals surface area contributed by atoms with Gasteiger partial charge in [0.15, 0.2) is 5.69 Å². The van der Waals surface area contributed by atoms with Crippen molar-refractivity contribution in [2.24, 2.45) is 5.92 Å². The standard InChI is InChI=1S/C23H29N3O3/c1-16-13-20(22(27)28-2)25-23(24-16)26-12-11-17(14-26)15-29-21-10-6-5-9-19(21)18-7-3-4-8-18/h5-6,9-10,13,17-18H,3-4,7-8,11-12,14-15H2,1-2H3. The average Bonchev–Trinajstić information content (AvgIpc) is 3.43. The van der Waals surface area contributed by atoms with E-state index in [9.17, 15) is 4.79 Å². The lowest BCUT2D eigenvalue weighted by Gasteiger charge is -2.19. The predicted molar refractivity (Wildman–Crippen MR) is 112 cm³/mol. The number of aromatic nitrogens is 2. The van der Waals surface area contributed by atoms with Crippen molar-refractivity contribution in [3.05, 3.63) is 47.3 Å². The summed E-state index contributed by atoms with van der Waals surface area (Å²) < 4.78 is 11.1. The minimum Gasteiger partial charge on any atom is -0.493 e. The molecular weight excluding hydrogens is 366 g/mol. The van der Waals surface area contributed by atoms with Crippen LogP contribution in [-0.4, -0.2) is 42.7 Å². The highest BCUT2D eigenvalue weighted by Crippen LogP contribution is 2.38. The van der Waals surface area contributed by atoms with Gasteiger partial charge in [0.1, 0.15) is 5.75 Å². The van der Waals surface area contributed by atoms with Crippen LogP contribution in [0, 0.1) is 12.8 Å². The van der Waals surface area contributed by atoms with E-state index in [2.05, 4.69) is 39.1 Å². The Kier molecular flexibility index (Phi) is 5.97. The van der Waals surface area contributed by atoms with Gasteiger partial charge < -0.3 is 14.4 Å². The van der Waals surface area contributed by atoms with Crippen LogP contribution in [0.5, 0.6) is 5.75 Å².